The lowest BCUT2D eigenvalue weighted by atomic mass is 10.1. The average molecular weight is 254 g/mol. The van der Waals surface area contributed by atoms with E-state index in [1.165, 1.54) is 5.56 Å². The summed E-state index contributed by atoms with van der Waals surface area (Å²) in [6, 6.07) is 11.6. The fourth-order valence-corrected chi connectivity index (χ4v) is 2.02. The molecule has 0 aliphatic rings. The Morgan fingerprint density at radius 3 is 2.00 bits per heavy atom. The van der Waals surface area contributed by atoms with E-state index in [1.54, 1.807) is 13.0 Å². The molecule has 2 aromatic rings. The fourth-order valence-electron chi connectivity index (χ4n) is 2.02. The molecule has 2 rings (SSSR count). The van der Waals surface area contributed by atoms with Crippen LogP contribution in [0.15, 0.2) is 36.4 Å². The maximum absolute atomic E-state index is 11.3. The zero-order chi connectivity index (χ0) is 14.0. The van der Waals surface area contributed by atoms with Crippen LogP contribution >= 0.6 is 0 Å². The molecule has 0 amide bonds. The Hall–Kier alpha value is -2.09. The third-order valence-electron chi connectivity index (χ3n) is 3.13. The largest absolute Gasteiger partial charge is 0.457 e. The maximum Gasteiger partial charge on any atom is 0.159 e. The summed E-state index contributed by atoms with van der Waals surface area (Å²) >= 11 is 0. The molecule has 0 fully saturated rings. The Morgan fingerprint density at radius 2 is 1.47 bits per heavy atom. The molecule has 0 bridgehead atoms. The summed E-state index contributed by atoms with van der Waals surface area (Å²) in [5.41, 5.74) is 4.00. The van der Waals surface area contributed by atoms with Gasteiger partial charge in [0, 0.05) is 5.56 Å². The van der Waals surface area contributed by atoms with Crippen LogP contribution in [0.1, 0.15) is 34.0 Å². The van der Waals surface area contributed by atoms with Crippen molar-refractivity contribution >= 4 is 5.78 Å². The highest BCUT2D eigenvalue weighted by molar-refractivity contribution is 5.94. The van der Waals surface area contributed by atoms with Crippen LogP contribution in [0.4, 0.5) is 0 Å². The Morgan fingerprint density at radius 1 is 0.895 bits per heavy atom. The lowest BCUT2D eigenvalue weighted by Crippen LogP contribution is -1.95. The Labute approximate surface area is 114 Å². The SMILES string of the molecule is CC(=O)c1ccc(Oc2ccc(C)cc2C)c(C)c1. The van der Waals surface area contributed by atoms with Gasteiger partial charge in [0.1, 0.15) is 11.5 Å². The van der Waals surface area contributed by atoms with Gasteiger partial charge in [-0.1, -0.05) is 17.7 Å². The Kier molecular flexibility index (Phi) is 3.70. The monoisotopic (exact) mass is 254 g/mol. The Balaban J connectivity index is 2.31. The molecule has 0 aromatic heterocycles. The van der Waals surface area contributed by atoms with Crippen LogP contribution in [0, 0.1) is 20.8 Å². The minimum absolute atomic E-state index is 0.0705. The zero-order valence-corrected chi connectivity index (χ0v) is 11.8. The van der Waals surface area contributed by atoms with Crippen molar-refractivity contribution in [1.29, 1.82) is 0 Å². The first-order valence-electron chi connectivity index (χ1n) is 6.34. The molecule has 2 aromatic carbocycles. The molecule has 0 aliphatic heterocycles. The van der Waals surface area contributed by atoms with Crippen LogP contribution in [-0.4, -0.2) is 5.78 Å². The van der Waals surface area contributed by atoms with Gasteiger partial charge in [-0.3, -0.25) is 4.79 Å². The number of carbonyl (C=O) groups excluding carboxylic acids is 1. The number of hydrogen-bond donors (Lipinski definition) is 0. The van der Waals surface area contributed by atoms with Crippen molar-refractivity contribution in [3.63, 3.8) is 0 Å². The van der Waals surface area contributed by atoms with Gasteiger partial charge in [-0.2, -0.15) is 0 Å². The molecule has 0 spiro atoms. The summed E-state index contributed by atoms with van der Waals surface area (Å²) in [5, 5.41) is 0. The van der Waals surface area contributed by atoms with Crippen molar-refractivity contribution in [2.75, 3.05) is 0 Å². The van der Waals surface area contributed by atoms with Crippen molar-refractivity contribution in [2.24, 2.45) is 0 Å². The molecule has 98 valence electrons. The predicted octanol–water partition coefficient (Wildman–Crippen LogP) is 4.61. The second-order valence-electron chi connectivity index (χ2n) is 4.91. The molecule has 0 N–H and O–H groups in total. The molecule has 0 saturated heterocycles. The standard InChI is InChI=1S/C17H18O2/c1-11-5-7-16(12(2)9-11)19-17-8-6-15(14(4)18)10-13(17)3/h5-10H,1-4H3. The van der Waals surface area contributed by atoms with E-state index < -0.39 is 0 Å². The van der Waals surface area contributed by atoms with Gasteiger partial charge in [0.25, 0.3) is 0 Å². The molecule has 2 nitrogen and oxygen atoms in total. The van der Waals surface area contributed by atoms with Crippen molar-refractivity contribution < 1.29 is 9.53 Å². The van der Waals surface area contributed by atoms with Crippen molar-refractivity contribution in [3.8, 4) is 11.5 Å². The first-order chi connectivity index (χ1) is 8.97. The number of ether oxygens (including phenoxy) is 1. The summed E-state index contributed by atoms with van der Waals surface area (Å²) < 4.78 is 5.92. The van der Waals surface area contributed by atoms with E-state index in [4.69, 9.17) is 4.74 Å². The summed E-state index contributed by atoms with van der Waals surface area (Å²) in [6.45, 7) is 7.61. The average Bonchev–Trinajstić information content (AvgIpc) is 2.34. The number of rotatable bonds is 3. The van der Waals surface area contributed by atoms with E-state index >= 15 is 0 Å². The summed E-state index contributed by atoms with van der Waals surface area (Å²) in [5.74, 6) is 1.71. The molecule has 2 heteroatoms. The van der Waals surface area contributed by atoms with Gasteiger partial charge in [0.2, 0.25) is 0 Å². The Bertz CT molecular complexity index is 627. The third kappa shape index (κ3) is 3.02. The van der Waals surface area contributed by atoms with Gasteiger partial charge < -0.3 is 4.74 Å². The van der Waals surface area contributed by atoms with Crippen molar-refractivity contribution in [3.05, 3.63) is 58.7 Å². The summed E-state index contributed by atoms with van der Waals surface area (Å²) in [6.07, 6.45) is 0. The zero-order valence-electron chi connectivity index (χ0n) is 11.8. The summed E-state index contributed by atoms with van der Waals surface area (Å²) in [4.78, 5) is 11.3. The minimum Gasteiger partial charge on any atom is -0.457 e. The van der Waals surface area contributed by atoms with Crippen LogP contribution < -0.4 is 4.74 Å². The van der Waals surface area contributed by atoms with Crippen molar-refractivity contribution in [2.45, 2.75) is 27.7 Å². The van der Waals surface area contributed by atoms with Crippen molar-refractivity contribution in [1.82, 2.24) is 0 Å². The molecule has 0 saturated carbocycles. The smallest absolute Gasteiger partial charge is 0.159 e. The molecule has 0 unspecified atom stereocenters. The van der Waals surface area contributed by atoms with Crippen LogP contribution in [0.5, 0.6) is 11.5 Å². The normalized spacial score (nSPS) is 10.3. The predicted molar refractivity (Wildman–Crippen MR) is 77.2 cm³/mol. The van der Waals surface area contributed by atoms with E-state index in [-0.39, 0.29) is 5.78 Å². The molecular formula is C17H18O2. The number of Topliss-reactive ketones (excluding diaryl/α,β-unsaturated/α-hetero) is 1. The highest BCUT2D eigenvalue weighted by Crippen LogP contribution is 2.28. The second-order valence-corrected chi connectivity index (χ2v) is 4.91. The number of ketones is 1. The van der Waals surface area contributed by atoms with Gasteiger partial charge in [-0.25, -0.2) is 0 Å². The van der Waals surface area contributed by atoms with Crippen LogP contribution in [0.3, 0.4) is 0 Å². The first kappa shape index (κ1) is 13.3. The maximum atomic E-state index is 11.3. The van der Waals surface area contributed by atoms with Crippen LogP contribution in [-0.2, 0) is 0 Å². The quantitative estimate of drug-likeness (QED) is 0.748. The van der Waals surface area contributed by atoms with Crippen LogP contribution in [0.2, 0.25) is 0 Å². The molecule has 0 radical (unpaired) electrons. The van der Waals surface area contributed by atoms with E-state index in [2.05, 4.69) is 13.0 Å². The number of hydrogen-bond acceptors (Lipinski definition) is 2. The number of carbonyl (C=O) groups is 1. The van der Waals surface area contributed by atoms with Gasteiger partial charge in [0.15, 0.2) is 5.78 Å². The minimum atomic E-state index is 0.0705. The van der Waals surface area contributed by atoms with E-state index in [9.17, 15) is 4.79 Å². The lowest BCUT2D eigenvalue weighted by Gasteiger charge is -2.12. The number of aryl methyl sites for hydroxylation is 3. The van der Waals surface area contributed by atoms with Gasteiger partial charge in [0.05, 0.1) is 0 Å². The lowest BCUT2D eigenvalue weighted by molar-refractivity contribution is 0.101. The van der Waals surface area contributed by atoms with E-state index in [0.29, 0.717) is 5.56 Å². The molecular weight excluding hydrogens is 236 g/mol. The number of benzene rings is 2. The summed E-state index contributed by atoms with van der Waals surface area (Å²) in [7, 11) is 0. The van der Waals surface area contributed by atoms with Gasteiger partial charge in [-0.15, -0.1) is 0 Å². The molecule has 19 heavy (non-hydrogen) atoms. The van der Waals surface area contributed by atoms with Gasteiger partial charge in [-0.05, 0) is 63.1 Å². The molecule has 0 aliphatic carbocycles. The third-order valence-corrected chi connectivity index (χ3v) is 3.13. The highest BCUT2D eigenvalue weighted by atomic mass is 16.5. The second kappa shape index (κ2) is 5.27. The van der Waals surface area contributed by atoms with E-state index in [1.807, 2.05) is 38.1 Å². The van der Waals surface area contributed by atoms with Crippen LogP contribution in [0.25, 0.3) is 0 Å². The molecule has 0 atom stereocenters. The first-order valence-corrected chi connectivity index (χ1v) is 6.34. The molecule has 0 heterocycles. The van der Waals surface area contributed by atoms with Gasteiger partial charge >= 0.3 is 0 Å². The highest BCUT2D eigenvalue weighted by Gasteiger charge is 2.07. The fraction of sp³-hybridized carbons (Fsp3) is 0.235. The topological polar surface area (TPSA) is 26.3 Å². The van der Waals surface area contributed by atoms with E-state index in [0.717, 1.165) is 22.6 Å².